The molecule has 18 nitrogen and oxygen atoms in total. The van der Waals surface area contributed by atoms with E-state index in [1.165, 1.54) is 18.3 Å². The predicted molar refractivity (Wildman–Crippen MR) is 144 cm³/mol. The second kappa shape index (κ2) is 13.5. The quantitative estimate of drug-likeness (QED) is 0.100. The molecule has 1 aromatic carbocycles. The first-order chi connectivity index (χ1) is 20.5. The lowest BCUT2D eigenvalue weighted by atomic mass is 9.99. The fraction of sp³-hybridized carbons (Fsp3) is 0.400. The lowest BCUT2D eigenvalue weighted by Gasteiger charge is -2.39. The molecular weight excluding hydrogens is 574 g/mol. The van der Waals surface area contributed by atoms with Gasteiger partial charge in [0.15, 0.2) is 11.2 Å². The summed E-state index contributed by atoms with van der Waals surface area (Å²) >= 11 is 0. The number of aromatic nitrogens is 4. The van der Waals surface area contributed by atoms with Gasteiger partial charge in [-0.25, -0.2) is 14.8 Å². The van der Waals surface area contributed by atoms with E-state index in [1.54, 1.807) is 12.1 Å². The summed E-state index contributed by atoms with van der Waals surface area (Å²) in [7, 11) is 0. The number of fused-ring (bicyclic) bond motifs is 1. The number of aliphatic carboxylic acids is 1. The molecular formula is C25H29N7O11. The molecule has 1 amide bonds. The zero-order valence-corrected chi connectivity index (χ0v) is 22.3. The van der Waals surface area contributed by atoms with Crippen LogP contribution >= 0.6 is 0 Å². The lowest BCUT2D eigenvalue weighted by Crippen LogP contribution is -2.59. The summed E-state index contributed by atoms with van der Waals surface area (Å²) in [5, 5.41) is 53.7. The number of aliphatic hydroxyl groups excluding tert-OH is 4. The van der Waals surface area contributed by atoms with Crippen molar-refractivity contribution in [2.45, 2.75) is 56.1 Å². The van der Waals surface area contributed by atoms with Crippen LogP contribution in [0.5, 0.6) is 0 Å². The van der Waals surface area contributed by atoms with Crippen molar-refractivity contribution in [1.29, 1.82) is 0 Å². The molecule has 1 saturated heterocycles. The topological polar surface area (TPSA) is 292 Å². The van der Waals surface area contributed by atoms with E-state index in [0.717, 1.165) is 0 Å². The number of benzene rings is 1. The number of hydrogen-bond donors (Lipinski definition) is 9. The fourth-order valence-electron chi connectivity index (χ4n) is 4.10. The summed E-state index contributed by atoms with van der Waals surface area (Å²) in [6, 6.07) is 4.52. The molecule has 0 radical (unpaired) electrons. The summed E-state index contributed by atoms with van der Waals surface area (Å²) in [4.78, 5) is 63.2. The number of aliphatic hydroxyl groups is 4. The molecule has 2 aromatic heterocycles. The van der Waals surface area contributed by atoms with Crippen LogP contribution in [0, 0.1) is 0 Å². The number of carbonyl (C=O) groups excluding carboxylic acids is 2. The number of amides is 1. The normalized spacial score (nSPS) is 22.5. The Hall–Kier alpha value is -4.75. The minimum absolute atomic E-state index is 0.0238. The Balaban J connectivity index is 1.29. The van der Waals surface area contributed by atoms with Crippen molar-refractivity contribution in [3.8, 4) is 0 Å². The highest BCUT2D eigenvalue weighted by atomic mass is 16.7. The van der Waals surface area contributed by atoms with Crippen molar-refractivity contribution >= 4 is 40.6 Å². The van der Waals surface area contributed by atoms with Gasteiger partial charge in [0.2, 0.25) is 12.2 Å². The molecule has 1 unspecified atom stereocenters. The minimum atomic E-state index is -1.81. The number of ether oxygens (including phenoxy) is 2. The van der Waals surface area contributed by atoms with Crippen LogP contribution in [0.15, 0.2) is 35.3 Å². The van der Waals surface area contributed by atoms with Gasteiger partial charge in [0.05, 0.1) is 25.0 Å². The van der Waals surface area contributed by atoms with Crippen molar-refractivity contribution in [3.63, 3.8) is 0 Å². The molecule has 10 N–H and O–H groups in total. The summed E-state index contributed by atoms with van der Waals surface area (Å²) in [6.07, 6.45) is -7.68. The van der Waals surface area contributed by atoms with Crippen LogP contribution in [0.1, 0.15) is 28.9 Å². The summed E-state index contributed by atoms with van der Waals surface area (Å²) in [5.41, 5.74) is 6.23. The highest BCUT2D eigenvalue weighted by Crippen LogP contribution is 2.22. The van der Waals surface area contributed by atoms with E-state index in [9.17, 15) is 44.7 Å². The van der Waals surface area contributed by atoms with Crippen LogP contribution in [0.2, 0.25) is 0 Å². The van der Waals surface area contributed by atoms with Crippen LogP contribution in [-0.4, -0.2) is 107 Å². The first-order valence-electron chi connectivity index (χ1n) is 12.9. The van der Waals surface area contributed by atoms with Gasteiger partial charge in [0, 0.05) is 17.7 Å². The number of H-pyrrole nitrogens is 1. The second-order valence-corrected chi connectivity index (χ2v) is 9.51. The maximum Gasteiger partial charge on any atom is 0.326 e. The van der Waals surface area contributed by atoms with Gasteiger partial charge in [0.1, 0.15) is 30.5 Å². The average Bonchev–Trinajstić information content (AvgIpc) is 2.98. The van der Waals surface area contributed by atoms with E-state index in [1.807, 2.05) is 0 Å². The van der Waals surface area contributed by atoms with Crippen molar-refractivity contribution in [2.24, 2.45) is 0 Å². The number of esters is 1. The summed E-state index contributed by atoms with van der Waals surface area (Å²) in [6.45, 7) is -0.544. The van der Waals surface area contributed by atoms with Gasteiger partial charge in [-0.3, -0.25) is 19.4 Å². The summed E-state index contributed by atoms with van der Waals surface area (Å²) < 4.78 is 10.0. The maximum absolute atomic E-state index is 12.7. The van der Waals surface area contributed by atoms with E-state index in [0.29, 0.717) is 11.4 Å². The van der Waals surface area contributed by atoms with Crippen molar-refractivity contribution in [3.05, 3.63) is 52.1 Å². The number of nitrogens with two attached hydrogens (primary N) is 1. The van der Waals surface area contributed by atoms with Gasteiger partial charge in [-0.1, -0.05) is 0 Å². The van der Waals surface area contributed by atoms with E-state index < -0.39 is 73.2 Å². The van der Waals surface area contributed by atoms with Crippen molar-refractivity contribution < 1.29 is 49.4 Å². The van der Waals surface area contributed by atoms with Crippen LogP contribution < -0.4 is 21.9 Å². The third-order valence-electron chi connectivity index (χ3n) is 6.44. The van der Waals surface area contributed by atoms with Crippen LogP contribution in [-0.2, 0) is 25.6 Å². The number of rotatable bonds is 11. The van der Waals surface area contributed by atoms with Crippen molar-refractivity contribution in [1.82, 2.24) is 25.3 Å². The highest BCUT2D eigenvalue weighted by molar-refractivity contribution is 5.97. The Labute approximate surface area is 241 Å². The number of anilines is 2. The number of nitrogens with zero attached hydrogens (tertiary/aromatic N) is 3. The predicted octanol–water partition coefficient (Wildman–Crippen LogP) is -2.79. The SMILES string of the molecule is Nc1nc2ncc(CNc3ccc(C(=O)NC(CCC(=O)O[C@H]4O[C@H](CO)[C@@H](O)[C@H](O)[C@H]4O)C(=O)O)cc3)nc2c(=O)[nH]1. The number of carboxylic acids is 1. The second-order valence-electron chi connectivity index (χ2n) is 9.51. The minimum Gasteiger partial charge on any atom is -0.480 e. The maximum atomic E-state index is 12.7. The molecule has 4 rings (SSSR count). The lowest BCUT2D eigenvalue weighted by molar-refractivity contribution is -0.292. The molecule has 1 fully saturated rings. The Morgan fingerprint density at radius 1 is 1.09 bits per heavy atom. The Kier molecular flexibility index (Phi) is 9.78. The number of aromatic amines is 1. The smallest absolute Gasteiger partial charge is 0.326 e. The van der Waals surface area contributed by atoms with Crippen LogP contribution in [0.25, 0.3) is 11.2 Å². The van der Waals surface area contributed by atoms with E-state index in [4.69, 9.17) is 15.2 Å². The number of nitrogen functional groups attached to an aromatic ring is 1. The van der Waals surface area contributed by atoms with Gasteiger partial charge in [-0.15, -0.1) is 0 Å². The highest BCUT2D eigenvalue weighted by Gasteiger charge is 2.45. The molecule has 0 aliphatic carbocycles. The molecule has 43 heavy (non-hydrogen) atoms. The molecule has 1 aliphatic rings. The third kappa shape index (κ3) is 7.56. The summed E-state index contributed by atoms with van der Waals surface area (Å²) in [5.74, 6) is -3.24. The first-order valence-corrected chi connectivity index (χ1v) is 12.9. The van der Waals surface area contributed by atoms with E-state index >= 15 is 0 Å². The van der Waals surface area contributed by atoms with Crippen molar-refractivity contribution in [2.75, 3.05) is 17.7 Å². The standard InChI is InChI=1S/C25H29N7O11/c26-25-31-20-16(22(39)32-25)29-12(8-28-20)7-27-11-3-1-10(2-4-11)21(38)30-13(23(40)41)5-6-15(34)43-24-19(37)18(36)17(35)14(9-33)42-24/h1-4,8,13-14,17-19,24,27,33,35-37H,5-7,9H2,(H,30,38)(H,40,41)(H3,26,28,31,32,39)/t13?,14-,17-,18+,19-,24-/m1/s1. The molecule has 0 saturated carbocycles. The van der Waals surface area contributed by atoms with E-state index in [2.05, 4.69) is 30.6 Å². The molecule has 0 spiro atoms. The van der Waals surface area contributed by atoms with Gasteiger partial charge in [-0.2, -0.15) is 4.98 Å². The van der Waals surface area contributed by atoms with Gasteiger partial charge in [-0.05, 0) is 30.7 Å². The Morgan fingerprint density at radius 3 is 2.49 bits per heavy atom. The molecule has 0 bridgehead atoms. The fourth-order valence-corrected chi connectivity index (χ4v) is 4.10. The Morgan fingerprint density at radius 2 is 1.81 bits per heavy atom. The van der Waals surface area contributed by atoms with Gasteiger partial charge in [0.25, 0.3) is 11.5 Å². The third-order valence-corrected chi connectivity index (χ3v) is 6.44. The molecule has 6 atom stereocenters. The molecule has 3 aromatic rings. The number of carboxylic acid groups (broad SMARTS) is 1. The van der Waals surface area contributed by atoms with Crippen LogP contribution in [0.4, 0.5) is 11.6 Å². The molecule has 230 valence electrons. The molecule has 1 aliphatic heterocycles. The van der Waals surface area contributed by atoms with E-state index in [-0.39, 0.29) is 35.6 Å². The Bertz CT molecular complexity index is 1530. The van der Waals surface area contributed by atoms with Gasteiger partial charge < -0.3 is 51.4 Å². The zero-order valence-electron chi connectivity index (χ0n) is 22.3. The monoisotopic (exact) mass is 603 g/mol. The molecule has 18 heteroatoms. The van der Waals surface area contributed by atoms with Crippen LogP contribution in [0.3, 0.4) is 0 Å². The largest absolute Gasteiger partial charge is 0.480 e. The molecule has 3 heterocycles. The average molecular weight is 604 g/mol. The first kappa shape index (κ1) is 31.2. The number of hydrogen-bond acceptors (Lipinski definition) is 15. The van der Waals surface area contributed by atoms with Gasteiger partial charge >= 0.3 is 11.9 Å². The zero-order chi connectivity index (χ0) is 31.3. The number of carbonyl (C=O) groups is 3. The number of nitrogens with one attached hydrogen (secondary N) is 3.